The SMILES string of the molecule is CCCCC(=O)N1CC(O)CC1C(=O)O. The monoisotopic (exact) mass is 215 g/mol. The zero-order chi connectivity index (χ0) is 11.4. The van der Waals surface area contributed by atoms with Crippen LogP contribution in [-0.4, -0.2) is 45.7 Å². The van der Waals surface area contributed by atoms with Crippen LogP contribution in [0, 0.1) is 0 Å². The van der Waals surface area contributed by atoms with E-state index in [-0.39, 0.29) is 18.9 Å². The number of nitrogens with zero attached hydrogens (tertiary/aromatic N) is 1. The minimum atomic E-state index is -1.03. The molecule has 0 saturated carbocycles. The molecule has 0 aromatic heterocycles. The molecule has 0 bridgehead atoms. The molecule has 1 amide bonds. The van der Waals surface area contributed by atoms with E-state index in [2.05, 4.69) is 0 Å². The summed E-state index contributed by atoms with van der Waals surface area (Å²) in [6.07, 6.45) is 1.48. The topological polar surface area (TPSA) is 77.8 Å². The Labute approximate surface area is 88.7 Å². The average Bonchev–Trinajstić information content (AvgIpc) is 2.57. The van der Waals surface area contributed by atoms with Crippen LogP contribution in [0.2, 0.25) is 0 Å². The van der Waals surface area contributed by atoms with Crippen molar-refractivity contribution in [2.75, 3.05) is 6.54 Å². The first-order valence-electron chi connectivity index (χ1n) is 5.26. The molecule has 2 N–H and O–H groups in total. The number of β-amino-alcohol motifs (C(OH)–C–C–N with tert-alkyl or cyclic N) is 1. The predicted molar refractivity (Wildman–Crippen MR) is 53.3 cm³/mol. The molecule has 1 saturated heterocycles. The van der Waals surface area contributed by atoms with Crippen molar-refractivity contribution in [2.45, 2.75) is 44.8 Å². The molecule has 1 heterocycles. The summed E-state index contributed by atoms with van der Waals surface area (Å²) >= 11 is 0. The molecule has 2 atom stereocenters. The van der Waals surface area contributed by atoms with Crippen LogP contribution in [0.25, 0.3) is 0 Å². The summed E-state index contributed by atoms with van der Waals surface area (Å²) in [5.74, 6) is -1.20. The summed E-state index contributed by atoms with van der Waals surface area (Å²) in [5, 5.41) is 18.2. The first-order chi connectivity index (χ1) is 7.06. The number of aliphatic hydroxyl groups excluding tert-OH is 1. The number of rotatable bonds is 4. The van der Waals surface area contributed by atoms with E-state index in [9.17, 15) is 14.7 Å². The number of amides is 1. The maximum atomic E-state index is 11.6. The van der Waals surface area contributed by atoms with Gasteiger partial charge < -0.3 is 15.1 Å². The maximum absolute atomic E-state index is 11.6. The summed E-state index contributed by atoms with van der Waals surface area (Å²) in [6.45, 7) is 2.13. The summed E-state index contributed by atoms with van der Waals surface area (Å²) < 4.78 is 0. The van der Waals surface area contributed by atoms with Crippen LogP contribution in [0.4, 0.5) is 0 Å². The van der Waals surface area contributed by atoms with Crippen molar-refractivity contribution < 1.29 is 19.8 Å². The van der Waals surface area contributed by atoms with Crippen LogP contribution in [-0.2, 0) is 9.59 Å². The number of aliphatic carboxylic acids is 1. The molecule has 0 aliphatic carbocycles. The Balaban J connectivity index is 2.58. The van der Waals surface area contributed by atoms with Gasteiger partial charge in [-0.3, -0.25) is 4.79 Å². The van der Waals surface area contributed by atoms with Gasteiger partial charge in [0.25, 0.3) is 0 Å². The highest BCUT2D eigenvalue weighted by Gasteiger charge is 2.38. The molecule has 0 radical (unpaired) electrons. The third-order valence-electron chi connectivity index (χ3n) is 2.63. The number of carboxylic acids is 1. The second-order valence-corrected chi connectivity index (χ2v) is 3.89. The highest BCUT2D eigenvalue weighted by Crippen LogP contribution is 2.19. The van der Waals surface area contributed by atoms with Gasteiger partial charge in [-0.25, -0.2) is 4.79 Å². The van der Waals surface area contributed by atoms with Gasteiger partial charge in [-0.15, -0.1) is 0 Å². The molecule has 1 rings (SSSR count). The van der Waals surface area contributed by atoms with Crippen molar-refractivity contribution in [1.29, 1.82) is 0 Å². The molecule has 0 aromatic carbocycles. The predicted octanol–water partition coefficient (Wildman–Crippen LogP) is 0.223. The van der Waals surface area contributed by atoms with Gasteiger partial charge in [0.2, 0.25) is 5.91 Å². The number of unbranched alkanes of at least 4 members (excludes halogenated alkanes) is 1. The maximum Gasteiger partial charge on any atom is 0.326 e. The molecular weight excluding hydrogens is 198 g/mol. The second kappa shape index (κ2) is 5.11. The van der Waals surface area contributed by atoms with Crippen molar-refractivity contribution in [3.05, 3.63) is 0 Å². The lowest BCUT2D eigenvalue weighted by Gasteiger charge is -2.20. The molecule has 2 unspecified atom stereocenters. The van der Waals surface area contributed by atoms with E-state index in [1.807, 2.05) is 6.92 Å². The van der Waals surface area contributed by atoms with Crippen LogP contribution in [0.1, 0.15) is 32.6 Å². The smallest absolute Gasteiger partial charge is 0.326 e. The second-order valence-electron chi connectivity index (χ2n) is 3.89. The molecule has 5 heteroatoms. The van der Waals surface area contributed by atoms with Gasteiger partial charge in [0.05, 0.1) is 6.10 Å². The number of carboxylic acid groups (broad SMARTS) is 1. The fourth-order valence-corrected chi connectivity index (χ4v) is 1.80. The molecule has 0 spiro atoms. The summed E-state index contributed by atoms with van der Waals surface area (Å²) in [4.78, 5) is 23.7. The molecule has 86 valence electrons. The highest BCUT2D eigenvalue weighted by molar-refractivity contribution is 5.84. The van der Waals surface area contributed by atoms with Crippen molar-refractivity contribution in [3.8, 4) is 0 Å². The van der Waals surface area contributed by atoms with Gasteiger partial charge in [0, 0.05) is 19.4 Å². The lowest BCUT2D eigenvalue weighted by molar-refractivity contribution is -0.148. The molecule has 15 heavy (non-hydrogen) atoms. The molecule has 1 aliphatic rings. The summed E-state index contributed by atoms with van der Waals surface area (Å²) in [7, 11) is 0. The van der Waals surface area contributed by atoms with E-state index >= 15 is 0 Å². The van der Waals surface area contributed by atoms with E-state index in [4.69, 9.17) is 5.11 Å². The van der Waals surface area contributed by atoms with Crippen LogP contribution in [0.5, 0.6) is 0 Å². The number of carbonyl (C=O) groups excluding carboxylic acids is 1. The Morgan fingerprint density at radius 3 is 2.67 bits per heavy atom. The first-order valence-corrected chi connectivity index (χ1v) is 5.26. The van der Waals surface area contributed by atoms with Crippen molar-refractivity contribution in [2.24, 2.45) is 0 Å². The fourth-order valence-electron chi connectivity index (χ4n) is 1.80. The highest BCUT2D eigenvalue weighted by atomic mass is 16.4. The van der Waals surface area contributed by atoms with Crippen molar-refractivity contribution in [3.63, 3.8) is 0 Å². The molecular formula is C10H17NO4. The number of hydrogen-bond acceptors (Lipinski definition) is 3. The van der Waals surface area contributed by atoms with E-state index in [0.717, 1.165) is 12.8 Å². The average molecular weight is 215 g/mol. The number of aliphatic hydroxyl groups is 1. The third-order valence-corrected chi connectivity index (χ3v) is 2.63. The quantitative estimate of drug-likeness (QED) is 0.703. The van der Waals surface area contributed by atoms with E-state index in [1.54, 1.807) is 0 Å². The van der Waals surface area contributed by atoms with Crippen LogP contribution in [0.15, 0.2) is 0 Å². The lowest BCUT2D eigenvalue weighted by atomic mass is 10.2. The Kier molecular flexibility index (Phi) is 4.08. The number of hydrogen-bond donors (Lipinski definition) is 2. The zero-order valence-corrected chi connectivity index (χ0v) is 8.85. The molecule has 0 aromatic rings. The number of likely N-dealkylation sites (tertiary alicyclic amines) is 1. The van der Waals surface area contributed by atoms with Crippen LogP contribution >= 0.6 is 0 Å². The van der Waals surface area contributed by atoms with Crippen LogP contribution in [0.3, 0.4) is 0 Å². The van der Waals surface area contributed by atoms with Crippen molar-refractivity contribution in [1.82, 2.24) is 4.90 Å². The Hall–Kier alpha value is -1.10. The van der Waals surface area contributed by atoms with E-state index in [0.29, 0.717) is 6.42 Å². The van der Waals surface area contributed by atoms with Gasteiger partial charge in [0.15, 0.2) is 0 Å². The Morgan fingerprint density at radius 1 is 1.47 bits per heavy atom. The number of carbonyl (C=O) groups is 2. The zero-order valence-electron chi connectivity index (χ0n) is 8.85. The van der Waals surface area contributed by atoms with E-state index < -0.39 is 18.1 Å². The molecule has 1 fully saturated rings. The fraction of sp³-hybridized carbons (Fsp3) is 0.800. The summed E-state index contributed by atoms with van der Waals surface area (Å²) in [5.41, 5.74) is 0. The third kappa shape index (κ3) is 2.92. The minimum absolute atomic E-state index is 0.146. The standard InChI is InChI=1S/C10H17NO4/c1-2-3-4-9(13)11-6-7(12)5-8(11)10(14)15/h7-8,12H,2-6H2,1H3,(H,14,15). The van der Waals surface area contributed by atoms with Gasteiger partial charge in [-0.05, 0) is 6.42 Å². The van der Waals surface area contributed by atoms with E-state index in [1.165, 1.54) is 4.90 Å². The first kappa shape index (κ1) is 12.0. The minimum Gasteiger partial charge on any atom is -0.480 e. The largest absolute Gasteiger partial charge is 0.480 e. The molecule has 5 nitrogen and oxygen atoms in total. The van der Waals surface area contributed by atoms with Gasteiger partial charge in [0.1, 0.15) is 6.04 Å². The van der Waals surface area contributed by atoms with Gasteiger partial charge in [-0.1, -0.05) is 13.3 Å². The normalized spacial score (nSPS) is 25.6. The van der Waals surface area contributed by atoms with Gasteiger partial charge >= 0.3 is 5.97 Å². The Bertz CT molecular complexity index is 254. The lowest BCUT2D eigenvalue weighted by Crippen LogP contribution is -2.40. The Morgan fingerprint density at radius 2 is 2.13 bits per heavy atom. The van der Waals surface area contributed by atoms with Crippen molar-refractivity contribution >= 4 is 11.9 Å². The summed E-state index contributed by atoms with van der Waals surface area (Å²) in [6, 6.07) is -0.843. The molecule has 1 aliphatic heterocycles. The van der Waals surface area contributed by atoms with Crippen LogP contribution < -0.4 is 0 Å². The van der Waals surface area contributed by atoms with Gasteiger partial charge in [-0.2, -0.15) is 0 Å².